The average molecular weight is 801 g/mol. The molecule has 0 saturated carbocycles. The van der Waals surface area contributed by atoms with E-state index in [2.05, 4.69) is 0 Å². The topological polar surface area (TPSA) is 285 Å². The van der Waals surface area contributed by atoms with E-state index in [1.54, 1.807) is 18.2 Å². The Hall–Kier alpha value is -2.96. The van der Waals surface area contributed by atoms with Crippen LogP contribution in [-0.2, 0) is 34.8 Å². The van der Waals surface area contributed by atoms with Gasteiger partial charge in [0.15, 0.2) is 41.9 Å². The number of hydrogen-bond donors (Lipinski definition) is 10. The monoisotopic (exact) mass is 800 g/mol. The number of hydrogen-bond acceptors (Lipinski definition) is 19. The fourth-order valence-corrected chi connectivity index (χ4v) is 7.23. The molecule has 0 aliphatic carbocycles. The largest absolute Gasteiger partial charge is 0.504 e. The van der Waals surface area contributed by atoms with Gasteiger partial charge < -0.3 is 93.7 Å². The maximum absolute atomic E-state index is 10.6. The molecule has 4 aliphatic rings. The van der Waals surface area contributed by atoms with E-state index in [-0.39, 0.29) is 31.3 Å². The van der Waals surface area contributed by atoms with Crippen LogP contribution < -0.4 is 14.2 Å². The van der Waals surface area contributed by atoms with Crippen molar-refractivity contribution >= 4 is 0 Å². The molecule has 0 aromatic heterocycles. The minimum absolute atomic E-state index is 0.0353. The fourth-order valence-electron chi connectivity index (χ4n) is 7.23. The molecule has 3 fully saturated rings. The zero-order valence-electron chi connectivity index (χ0n) is 31.0. The zero-order valence-corrected chi connectivity index (χ0v) is 31.0. The van der Waals surface area contributed by atoms with Gasteiger partial charge in [0.05, 0.1) is 52.7 Å². The second-order valence-electron chi connectivity index (χ2n) is 14.4. The normalized spacial score (nSPS) is 38.5. The number of fused-ring (bicyclic) bond motifs is 1. The number of benzene rings is 2. The Balaban J connectivity index is 1.12. The number of ether oxygens (including phenoxy) is 9. The molecule has 56 heavy (non-hydrogen) atoms. The van der Waals surface area contributed by atoms with Crippen LogP contribution in [0, 0.1) is 0 Å². The van der Waals surface area contributed by atoms with E-state index in [1.807, 2.05) is 6.07 Å². The molecule has 2 aromatic rings. The smallest absolute Gasteiger partial charge is 0.186 e. The first-order chi connectivity index (χ1) is 26.7. The van der Waals surface area contributed by atoms with Crippen molar-refractivity contribution in [1.29, 1.82) is 0 Å². The Morgan fingerprint density at radius 3 is 2.05 bits per heavy atom. The highest BCUT2D eigenvalue weighted by molar-refractivity contribution is 5.56. The van der Waals surface area contributed by atoms with E-state index in [9.17, 15) is 51.1 Å². The highest BCUT2D eigenvalue weighted by atomic mass is 16.7. The molecule has 0 bridgehead atoms. The summed E-state index contributed by atoms with van der Waals surface area (Å²) in [5.41, 5.74) is 2.13. The third-order valence-corrected chi connectivity index (χ3v) is 10.6. The van der Waals surface area contributed by atoms with E-state index in [4.69, 9.17) is 42.6 Å². The van der Waals surface area contributed by atoms with E-state index in [0.717, 1.165) is 5.56 Å². The highest BCUT2D eigenvalue weighted by Gasteiger charge is 2.47. The number of phenolic OH excluding ortho intramolecular Hbond substituents is 1. The van der Waals surface area contributed by atoms with Crippen molar-refractivity contribution in [3.05, 3.63) is 47.0 Å². The van der Waals surface area contributed by atoms with Crippen LogP contribution in [0.25, 0.3) is 0 Å². The standard InChI is InChI=1S/C37H52O19/c1-15-25(40)28(43)31(46)37(54-15)53-14-24-27(42)29(44)32(47)36(55-24)50-8-4-5-16-9-18-19(12-51-35-30(45)26(41)21(39)13-52-35)33(56-34(18)23(10-16)49-3)17-6-7-20(38)22(11-17)48-2/h6-7,9-11,15,19,21,24-33,35-47H,4-5,8,12-14H2,1-3H3/t15-,19+,21+,24+,25-,26-,27+,28+,29-,30+,31+,32+,33-,35+,36+,37+/m0/s1. The summed E-state index contributed by atoms with van der Waals surface area (Å²) in [5.74, 6) is 0.471. The molecule has 19 nitrogen and oxygen atoms in total. The van der Waals surface area contributed by atoms with Gasteiger partial charge in [0.2, 0.25) is 0 Å². The lowest BCUT2D eigenvalue weighted by molar-refractivity contribution is -0.328. The number of aryl methyl sites for hydroxylation is 1. The van der Waals surface area contributed by atoms with Gasteiger partial charge in [0.25, 0.3) is 0 Å². The van der Waals surface area contributed by atoms with Gasteiger partial charge in [-0.1, -0.05) is 12.1 Å². The van der Waals surface area contributed by atoms with E-state index in [1.165, 1.54) is 27.2 Å². The van der Waals surface area contributed by atoms with Gasteiger partial charge in [-0.2, -0.15) is 0 Å². The van der Waals surface area contributed by atoms with Crippen molar-refractivity contribution in [2.24, 2.45) is 0 Å². The minimum Gasteiger partial charge on any atom is -0.504 e. The fraction of sp³-hybridized carbons (Fsp3) is 0.676. The van der Waals surface area contributed by atoms with Gasteiger partial charge in [-0.15, -0.1) is 0 Å². The summed E-state index contributed by atoms with van der Waals surface area (Å²) in [6.07, 6.45) is -19.5. The van der Waals surface area contributed by atoms with Crippen molar-refractivity contribution in [2.75, 3.05) is 40.6 Å². The van der Waals surface area contributed by atoms with Crippen molar-refractivity contribution in [2.45, 2.75) is 118 Å². The Bertz CT molecular complexity index is 1600. The van der Waals surface area contributed by atoms with Crippen molar-refractivity contribution < 1.29 is 93.7 Å². The number of aliphatic hydroxyl groups excluding tert-OH is 9. The maximum Gasteiger partial charge on any atom is 0.186 e. The molecule has 0 unspecified atom stereocenters. The van der Waals surface area contributed by atoms with Gasteiger partial charge in [-0.3, -0.25) is 0 Å². The molecule has 4 aliphatic heterocycles. The quantitative estimate of drug-likeness (QED) is 0.0898. The molecule has 10 N–H and O–H groups in total. The SMILES string of the molecule is COc1cc([C@@H]2Oc3c(OC)cc(CCCO[C@@H]4O[C@H](CO[C@@H]5O[C@@H](C)[C@H](O)[C@@H](O)[C@H]5O)[C@@H](O)[C@H](O)[C@H]4O)cc3[C@H]2CO[C@@H]2OC[C@@H](O)[C@H](O)[C@H]2O)ccc1O. The van der Waals surface area contributed by atoms with Crippen LogP contribution in [0.2, 0.25) is 0 Å². The van der Waals surface area contributed by atoms with Crippen LogP contribution in [0.15, 0.2) is 30.3 Å². The number of methoxy groups -OCH3 is 2. The molecular formula is C37H52O19. The van der Waals surface area contributed by atoms with Crippen LogP contribution in [0.5, 0.6) is 23.0 Å². The predicted octanol–water partition coefficient (Wildman–Crippen LogP) is -2.32. The molecule has 0 radical (unpaired) electrons. The summed E-state index contributed by atoms with van der Waals surface area (Å²) >= 11 is 0. The lowest BCUT2D eigenvalue weighted by Gasteiger charge is -2.42. The van der Waals surface area contributed by atoms with Crippen LogP contribution >= 0.6 is 0 Å². The molecule has 4 heterocycles. The minimum atomic E-state index is -1.67. The van der Waals surface area contributed by atoms with Crippen LogP contribution in [0.4, 0.5) is 0 Å². The second-order valence-corrected chi connectivity index (χ2v) is 14.4. The van der Waals surface area contributed by atoms with Crippen molar-refractivity contribution in [3.63, 3.8) is 0 Å². The van der Waals surface area contributed by atoms with E-state index in [0.29, 0.717) is 35.5 Å². The van der Waals surface area contributed by atoms with E-state index < -0.39 is 105 Å². The lowest BCUT2D eigenvalue weighted by atomic mass is 9.90. The van der Waals surface area contributed by atoms with Gasteiger partial charge in [0.1, 0.15) is 67.1 Å². The predicted molar refractivity (Wildman–Crippen MR) is 187 cm³/mol. The third kappa shape index (κ3) is 8.87. The van der Waals surface area contributed by atoms with Crippen molar-refractivity contribution in [1.82, 2.24) is 0 Å². The van der Waals surface area contributed by atoms with Crippen molar-refractivity contribution in [3.8, 4) is 23.0 Å². The number of aliphatic hydroxyl groups is 9. The van der Waals surface area contributed by atoms with Gasteiger partial charge in [-0.25, -0.2) is 0 Å². The molecule has 3 saturated heterocycles. The molecule has 6 rings (SSSR count). The lowest BCUT2D eigenvalue weighted by Crippen LogP contribution is -2.61. The molecule has 19 heteroatoms. The maximum atomic E-state index is 10.6. The molecule has 16 atom stereocenters. The first-order valence-corrected chi connectivity index (χ1v) is 18.4. The van der Waals surface area contributed by atoms with Gasteiger partial charge in [0, 0.05) is 5.56 Å². The summed E-state index contributed by atoms with van der Waals surface area (Å²) < 4.78 is 51.4. The Morgan fingerprint density at radius 2 is 1.34 bits per heavy atom. The second kappa shape index (κ2) is 18.3. The first-order valence-electron chi connectivity index (χ1n) is 18.4. The Morgan fingerprint density at radius 1 is 0.679 bits per heavy atom. The summed E-state index contributed by atoms with van der Waals surface area (Å²) in [4.78, 5) is 0. The third-order valence-electron chi connectivity index (χ3n) is 10.6. The number of phenols is 1. The Kier molecular flexibility index (Phi) is 13.9. The average Bonchev–Trinajstić information content (AvgIpc) is 3.56. The number of aromatic hydroxyl groups is 1. The van der Waals surface area contributed by atoms with Crippen LogP contribution in [0.3, 0.4) is 0 Å². The molecule has 314 valence electrons. The summed E-state index contributed by atoms with van der Waals surface area (Å²) in [7, 11) is 2.91. The molecule has 0 spiro atoms. The number of rotatable bonds is 14. The van der Waals surface area contributed by atoms with Gasteiger partial charge >= 0.3 is 0 Å². The molecule has 0 amide bonds. The highest BCUT2D eigenvalue weighted by Crippen LogP contribution is 2.52. The first kappa shape index (κ1) is 42.6. The van der Waals surface area contributed by atoms with Crippen LogP contribution in [0.1, 0.15) is 42.1 Å². The summed E-state index contributed by atoms with van der Waals surface area (Å²) in [6.45, 7) is 0.789. The summed E-state index contributed by atoms with van der Waals surface area (Å²) in [6, 6.07) is 8.48. The van der Waals surface area contributed by atoms with Crippen LogP contribution in [-0.4, -0.2) is 178 Å². The van der Waals surface area contributed by atoms with Gasteiger partial charge in [-0.05, 0) is 49.1 Å². The molecular weight excluding hydrogens is 748 g/mol. The van der Waals surface area contributed by atoms with E-state index >= 15 is 0 Å². The Labute approximate surface area is 322 Å². The molecule has 2 aromatic carbocycles. The summed E-state index contributed by atoms with van der Waals surface area (Å²) in [5, 5.41) is 103. The zero-order chi connectivity index (χ0) is 40.4.